The molecule has 0 spiro atoms. The Bertz CT molecular complexity index is 637. The molecule has 0 unspecified atom stereocenters. The molecule has 2 N–H and O–H groups in total. The van der Waals surface area contributed by atoms with Crippen LogP contribution in [0.5, 0.6) is 0 Å². The molecule has 0 heterocycles. The molecule has 0 atom stereocenters. The van der Waals surface area contributed by atoms with Crippen LogP contribution in [0.4, 0.5) is 5.69 Å². The lowest BCUT2D eigenvalue weighted by Crippen LogP contribution is -2.26. The minimum atomic E-state index is -3.44. The number of hydrogen-bond acceptors (Lipinski definition) is 5. The van der Waals surface area contributed by atoms with Gasteiger partial charge in [-0.05, 0) is 31.3 Å². The maximum absolute atomic E-state index is 11.8. The molecule has 0 bridgehead atoms. The van der Waals surface area contributed by atoms with Crippen LogP contribution in [0.1, 0.15) is 0 Å². The van der Waals surface area contributed by atoms with Crippen molar-refractivity contribution in [1.29, 1.82) is 0 Å². The minimum Gasteiger partial charge on any atom is -0.384 e. The molecule has 0 aromatic heterocycles. The number of hydrogen-bond donors (Lipinski definition) is 2. The summed E-state index contributed by atoms with van der Waals surface area (Å²) in [4.78, 5) is 0.191. The van der Waals surface area contributed by atoms with Crippen LogP contribution in [-0.2, 0) is 20.0 Å². The predicted molar refractivity (Wildman–Crippen MR) is 78.7 cm³/mol. The topological polar surface area (TPSA) is 95.6 Å². The first-order chi connectivity index (χ1) is 9.19. The Morgan fingerprint density at radius 2 is 1.60 bits per heavy atom. The number of nitrogens with one attached hydrogen (secondary N) is 2. The van der Waals surface area contributed by atoms with Crippen molar-refractivity contribution >= 4 is 25.7 Å². The van der Waals surface area contributed by atoms with Gasteiger partial charge in [-0.2, -0.15) is 0 Å². The molecular weight excluding hydrogens is 302 g/mol. The molecular formula is C11H19N3O4S2. The molecule has 1 rings (SSSR count). The van der Waals surface area contributed by atoms with E-state index >= 15 is 0 Å². The molecule has 1 aromatic rings. The average molecular weight is 321 g/mol. The van der Waals surface area contributed by atoms with Crippen LogP contribution >= 0.6 is 0 Å². The van der Waals surface area contributed by atoms with E-state index in [-0.39, 0.29) is 17.2 Å². The number of rotatable bonds is 7. The lowest BCUT2D eigenvalue weighted by molar-refractivity contribution is 0.521. The highest BCUT2D eigenvalue weighted by molar-refractivity contribution is 7.89. The molecule has 0 radical (unpaired) electrons. The van der Waals surface area contributed by atoms with Crippen LogP contribution in [0.2, 0.25) is 0 Å². The fraction of sp³-hybridized carbons (Fsp3) is 0.455. The van der Waals surface area contributed by atoms with Crippen molar-refractivity contribution in [3.05, 3.63) is 24.3 Å². The van der Waals surface area contributed by atoms with Crippen molar-refractivity contribution in [2.24, 2.45) is 0 Å². The first kappa shape index (κ1) is 16.9. The van der Waals surface area contributed by atoms with E-state index in [9.17, 15) is 16.8 Å². The van der Waals surface area contributed by atoms with Crippen LogP contribution in [0.15, 0.2) is 29.2 Å². The highest BCUT2D eigenvalue weighted by atomic mass is 32.2. The predicted octanol–water partition coefficient (Wildman–Crippen LogP) is -0.102. The van der Waals surface area contributed by atoms with Crippen molar-refractivity contribution in [2.75, 3.05) is 38.8 Å². The Kier molecular flexibility index (Phi) is 5.51. The molecule has 0 saturated carbocycles. The number of nitrogens with zero attached hydrogens (tertiary/aromatic N) is 1. The van der Waals surface area contributed by atoms with Crippen LogP contribution in [-0.4, -0.2) is 54.6 Å². The Morgan fingerprint density at radius 1 is 1.05 bits per heavy atom. The molecule has 20 heavy (non-hydrogen) atoms. The monoisotopic (exact) mass is 321 g/mol. The zero-order chi connectivity index (χ0) is 15.4. The summed E-state index contributed by atoms with van der Waals surface area (Å²) < 4.78 is 49.5. The summed E-state index contributed by atoms with van der Waals surface area (Å²) in [5, 5.41) is 2.92. The summed E-state index contributed by atoms with van der Waals surface area (Å²) in [5.74, 6) is -0.0543. The second kappa shape index (κ2) is 6.53. The second-order valence-electron chi connectivity index (χ2n) is 4.26. The van der Waals surface area contributed by atoms with Crippen LogP contribution in [0.25, 0.3) is 0 Å². The van der Waals surface area contributed by atoms with E-state index in [0.29, 0.717) is 5.69 Å². The Balaban J connectivity index is 2.69. The summed E-state index contributed by atoms with van der Waals surface area (Å²) in [6, 6.07) is 6.15. The molecule has 0 fully saturated rings. The normalized spacial score (nSPS) is 12.6. The van der Waals surface area contributed by atoms with E-state index in [1.807, 2.05) is 0 Å². The lowest BCUT2D eigenvalue weighted by atomic mass is 10.3. The maximum atomic E-state index is 11.8. The highest BCUT2D eigenvalue weighted by Crippen LogP contribution is 2.16. The van der Waals surface area contributed by atoms with Gasteiger partial charge in [0, 0.05) is 26.3 Å². The van der Waals surface area contributed by atoms with Crippen molar-refractivity contribution in [1.82, 2.24) is 9.03 Å². The van der Waals surface area contributed by atoms with E-state index in [0.717, 1.165) is 4.31 Å². The summed E-state index contributed by atoms with van der Waals surface area (Å²) in [6.07, 6.45) is 0. The van der Waals surface area contributed by atoms with E-state index in [1.165, 1.54) is 33.3 Å². The fourth-order valence-corrected chi connectivity index (χ4v) is 2.86. The Labute approximate surface area is 120 Å². The van der Waals surface area contributed by atoms with E-state index in [2.05, 4.69) is 10.0 Å². The quantitative estimate of drug-likeness (QED) is 0.731. The van der Waals surface area contributed by atoms with Gasteiger partial charge < -0.3 is 5.32 Å². The van der Waals surface area contributed by atoms with E-state index in [4.69, 9.17) is 0 Å². The number of sulfonamides is 2. The second-order valence-corrected chi connectivity index (χ2v) is 8.46. The third kappa shape index (κ3) is 4.44. The van der Waals surface area contributed by atoms with Gasteiger partial charge in [-0.15, -0.1) is 0 Å². The van der Waals surface area contributed by atoms with Gasteiger partial charge in [-0.25, -0.2) is 25.9 Å². The molecule has 0 amide bonds. The van der Waals surface area contributed by atoms with Crippen LogP contribution in [0.3, 0.4) is 0 Å². The molecule has 114 valence electrons. The van der Waals surface area contributed by atoms with E-state index < -0.39 is 20.0 Å². The van der Waals surface area contributed by atoms with Gasteiger partial charge in [0.2, 0.25) is 20.0 Å². The van der Waals surface area contributed by atoms with Gasteiger partial charge in [0.05, 0.1) is 10.6 Å². The first-order valence-electron chi connectivity index (χ1n) is 5.87. The Morgan fingerprint density at radius 3 is 2.05 bits per heavy atom. The van der Waals surface area contributed by atoms with Crippen molar-refractivity contribution in [3.63, 3.8) is 0 Å². The smallest absolute Gasteiger partial charge is 0.242 e. The van der Waals surface area contributed by atoms with Crippen LogP contribution < -0.4 is 10.0 Å². The summed E-state index contributed by atoms with van der Waals surface area (Å²) in [6.45, 7) is 0.239. The standard InChI is InChI=1S/C11H19N3O4S2/c1-12-19(15,16)9-8-13-10-4-6-11(7-5-10)20(17,18)14(2)3/h4-7,12-13H,8-9H2,1-3H3. The number of benzene rings is 1. The maximum Gasteiger partial charge on any atom is 0.242 e. The Hall–Kier alpha value is -1.16. The third-order valence-electron chi connectivity index (χ3n) is 2.64. The van der Waals surface area contributed by atoms with Gasteiger partial charge >= 0.3 is 0 Å². The minimum absolute atomic E-state index is 0.0543. The van der Waals surface area contributed by atoms with Gasteiger partial charge in [-0.3, -0.25) is 0 Å². The molecule has 1 aromatic carbocycles. The van der Waals surface area contributed by atoms with Crippen LogP contribution in [0, 0.1) is 0 Å². The van der Waals surface area contributed by atoms with Crippen molar-refractivity contribution < 1.29 is 16.8 Å². The van der Waals surface area contributed by atoms with Gasteiger partial charge in [0.15, 0.2) is 0 Å². The molecule has 9 heteroatoms. The fourth-order valence-electron chi connectivity index (χ4n) is 1.39. The number of anilines is 1. The average Bonchev–Trinajstić information content (AvgIpc) is 2.39. The molecule has 0 aliphatic rings. The van der Waals surface area contributed by atoms with E-state index in [1.54, 1.807) is 12.1 Å². The molecule has 0 aliphatic carbocycles. The molecule has 0 aliphatic heterocycles. The van der Waals surface area contributed by atoms with Gasteiger partial charge in [0.1, 0.15) is 0 Å². The summed E-state index contributed by atoms with van der Waals surface area (Å²) in [5.41, 5.74) is 0.661. The molecule has 0 saturated heterocycles. The van der Waals surface area contributed by atoms with Crippen molar-refractivity contribution in [3.8, 4) is 0 Å². The van der Waals surface area contributed by atoms with Gasteiger partial charge in [-0.1, -0.05) is 0 Å². The SMILES string of the molecule is CNS(=O)(=O)CCNc1ccc(S(=O)(=O)N(C)C)cc1. The zero-order valence-corrected chi connectivity index (χ0v) is 13.3. The molecule has 7 nitrogen and oxygen atoms in total. The summed E-state index contributed by atoms with van der Waals surface area (Å²) in [7, 11) is -2.41. The lowest BCUT2D eigenvalue weighted by Gasteiger charge is -2.12. The third-order valence-corrected chi connectivity index (χ3v) is 5.84. The summed E-state index contributed by atoms with van der Waals surface area (Å²) >= 11 is 0. The first-order valence-corrected chi connectivity index (χ1v) is 8.96. The largest absolute Gasteiger partial charge is 0.384 e. The van der Waals surface area contributed by atoms with Crippen molar-refractivity contribution in [2.45, 2.75) is 4.90 Å². The van der Waals surface area contributed by atoms with Gasteiger partial charge in [0.25, 0.3) is 0 Å². The zero-order valence-electron chi connectivity index (χ0n) is 11.6. The highest BCUT2D eigenvalue weighted by Gasteiger charge is 2.16.